The number of hydroxylamine groups is 1. The summed E-state index contributed by atoms with van der Waals surface area (Å²) in [6.45, 7) is -0.260. The van der Waals surface area contributed by atoms with E-state index < -0.39 is 23.5 Å². The minimum Gasteiger partial charge on any atom is -0.305 e. The average Bonchev–Trinajstić information content (AvgIpc) is 2.23. The predicted octanol–water partition coefficient (Wildman–Crippen LogP) is 3.38. The van der Waals surface area contributed by atoms with Gasteiger partial charge in [-0.15, -0.1) is 0 Å². The highest BCUT2D eigenvalue weighted by molar-refractivity contribution is 5.33. The van der Waals surface area contributed by atoms with Gasteiger partial charge in [0.25, 0.3) is 0 Å². The van der Waals surface area contributed by atoms with E-state index in [0.717, 1.165) is 0 Å². The first-order valence-electron chi connectivity index (χ1n) is 4.69. The Morgan fingerprint density at radius 3 is 1.72 bits per heavy atom. The van der Waals surface area contributed by atoms with Gasteiger partial charge in [0, 0.05) is 6.54 Å². The summed E-state index contributed by atoms with van der Waals surface area (Å²) in [7, 11) is 1.21. The standard InChI is InChI=1S/C10H9F6NO/c1-18-17-5-6-2-7(9(11,12)13)4-8(3-6)10(14,15)16/h2-4,17H,5H2,1H3. The molecule has 0 fully saturated rings. The molecule has 0 aromatic heterocycles. The second kappa shape index (κ2) is 5.15. The van der Waals surface area contributed by atoms with E-state index in [4.69, 9.17) is 0 Å². The van der Waals surface area contributed by atoms with Gasteiger partial charge in [-0.05, 0) is 23.8 Å². The fourth-order valence-corrected chi connectivity index (χ4v) is 1.28. The van der Waals surface area contributed by atoms with Crippen LogP contribution < -0.4 is 5.48 Å². The van der Waals surface area contributed by atoms with Gasteiger partial charge in [-0.1, -0.05) is 0 Å². The fourth-order valence-electron chi connectivity index (χ4n) is 1.28. The molecule has 0 atom stereocenters. The van der Waals surface area contributed by atoms with Gasteiger partial charge in [0.15, 0.2) is 0 Å². The van der Waals surface area contributed by atoms with Crippen LogP contribution in [-0.2, 0) is 23.7 Å². The van der Waals surface area contributed by atoms with Crippen molar-refractivity contribution in [3.05, 3.63) is 34.9 Å². The van der Waals surface area contributed by atoms with Gasteiger partial charge in [0.1, 0.15) is 0 Å². The lowest BCUT2D eigenvalue weighted by atomic mass is 10.0. The number of alkyl halides is 6. The fraction of sp³-hybridized carbons (Fsp3) is 0.400. The van der Waals surface area contributed by atoms with Crippen LogP contribution in [0, 0.1) is 0 Å². The summed E-state index contributed by atoms with van der Waals surface area (Å²) >= 11 is 0. The zero-order valence-electron chi connectivity index (χ0n) is 9.12. The maximum atomic E-state index is 12.4. The van der Waals surface area contributed by atoms with E-state index >= 15 is 0 Å². The maximum Gasteiger partial charge on any atom is 0.416 e. The second-order valence-electron chi connectivity index (χ2n) is 3.44. The molecule has 0 aliphatic rings. The number of rotatable bonds is 3. The van der Waals surface area contributed by atoms with Gasteiger partial charge in [-0.2, -0.15) is 31.8 Å². The quantitative estimate of drug-likeness (QED) is 0.673. The SMILES string of the molecule is CONCc1cc(C(F)(F)F)cc(C(F)(F)F)c1. The number of hydrogen-bond acceptors (Lipinski definition) is 2. The summed E-state index contributed by atoms with van der Waals surface area (Å²) < 4.78 is 74.6. The van der Waals surface area contributed by atoms with Crippen LogP contribution in [0.2, 0.25) is 0 Å². The Morgan fingerprint density at radius 2 is 1.39 bits per heavy atom. The summed E-state index contributed by atoms with van der Waals surface area (Å²) in [6.07, 6.45) is -9.66. The molecule has 18 heavy (non-hydrogen) atoms. The molecule has 0 bridgehead atoms. The third-order valence-corrected chi connectivity index (χ3v) is 2.07. The molecule has 0 aliphatic heterocycles. The predicted molar refractivity (Wildman–Crippen MR) is 50.3 cm³/mol. The minimum absolute atomic E-state index is 0.0797. The van der Waals surface area contributed by atoms with E-state index in [1.165, 1.54) is 7.11 Å². The van der Waals surface area contributed by atoms with Crippen molar-refractivity contribution in [1.29, 1.82) is 0 Å². The average molecular weight is 273 g/mol. The molecular weight excluding hydrogens is 264 g/mol. The van der Waals surface area contributed by atoms with Crippen molar-refractivity contribution >= 4 is 0 Å². The molecule has 0 saturated heterocycles. The van der Waals surface area contributed by atoms with Gasteiger partial charge in [-0.3, -0.25) is 0 Å². The maximum absolute atomic E-state index is 12.4. The van der Waals surface area contributed by atoms with Crippen molar-refractivity contribution in [3.63, 3.8) is 0 Å². The van der Waals surface area contributed by atoms with Crippen LogP contribution in [0.1, 0.15) is 16.7 Å². The lowest BCUT2D eigenvalue weighted by molar-refractivity contribution is -0.143. The molecule has 0 amide bonds. The molecular formula is C10H9F6NO. The molecule has 1 rings (SSSR count). The van der Waals surface area contributed by atoms with E-state index in [1.807, 2.05) is 0 Å². The van der Waals surface area contributed by atoms with Crippen molar-refractivity contribution in [2.45, 2.75) is 18.9 Å². The first kappa shape index (κ1) is 14.8. The Hall–Kier alpha value is -1.28. The Morgan fingerprint density at radius 1 is 0.944 bits per heavy atom. The molecule has 0 aliphatic carbocycles. The van der Waals surface area contributed by atoms with E-state index in [1.54, 1.807) is 0 Å². The Balaban J connectivity index is 3.21. The molecule has 0 heterocycles. The van der Waals surface area contributed by atoms with Crippen molar-refractivity contribution < 1.29 is 31.2 Å². The molecule has 8 heteroatoms. The largest absolute Gasteiger partial charge is 0.416 e. The van der Waals surface area contributed by atoms with E-state index in [-0.39, 0.29) is 18.2 Å². The summed E-state index contributed by atoms with van der Waals surface area (Å²) in [5, 5.41) is 0. The van der Waals surface area contributed by atoms with Gasteiger partial charge in [-0.25, -0.2) is 0 Å². The van der Waals surface area contributed by atoms with Crippen molar-refractivity contribution in [2.75, 3.05) is 7.11 Å². The molecule has 1 aromatic carbocycles. The third-order valence-electron chi connectivity index (χ3n) is 2.07. The lowest BCUT2D eigenvalue weighted by Crippen LogP contribution is -2.15. The van der Waals surface area contributed by atoms with Crippen LogP contribution in [0.5, 0.6) is 0 Å². The molecule has 0 spiro atoms. The molecule has 0 radical (unpaired) electrons. The van der Waals surface area contributed by atoms with Crippen LogP contribution in [0.4, 0.5) is 26.3 Å². The van der Waals surface area contributed by atoms with Gasteiger partial charge < -0.3 is 4.84 Å². The highest BCUT2D eigenvalue weighted by Gasteiger charge is 2.36. The van der Waals surface area contributed by atoms with Crippen molar-refractivity contribution in [1.82, 2.24) is 5.48 Å². The Kier molecular flexibility index (Phi) is 4.23. The van der Waals surface area contributed by atoms with Gasteiger partial charge >= 0.3 is 12.4 Å². The van der Waals surface area contributed by atoms with Crippen LogP contribution in [0.3, 0.4) is 0 Å². The van der Waals surface area contributed by atoms with Crippen molar-refractivity contribution in [2.24, 2.45) is 0 Å². The van der Waals surface area contributed by atoms with Crippen LogP contribution in [0.15, 0.2) is 18.2 Å². The summed E-state index contributed by atoms with van der Waals surface area (Å²) in [4.78, 5) is 4.38. The number of hydrogen-bond donors (Lipinski definition) is 1. The lowest BCUT2D eigenvalue weighted by Gasteiger charge is -2.14. The van der Waals surface area contributed by atoms with Gasteiger partial charge in [0.05, 0.1) is 18.2 Å². The number of benzene rings is 1. The molecule has 102 valence electrons. The van der Waals surface area contributed by atoms with Crippen LogP contribution >= 0.6 is 0 Å². The first-order chi connectivity index (χ1) is 8.14. The minimum atomic E-state index is -4.83. The Labute approximate surface area is 98.5 Å². The van der Waals surface area contributed by atoms with E-state index in [0.29, 0.717) is 12.1 Å². The monoisotopic (exact) mass is 273 g/mol. The molecule has 1 aromatic rings. The second-order valence-corrected chi connectivity index (χ2v) is 3.44. The highest BCUT2D eigenvalue weighted by atomic mass is 19.4. The molecule has 2 nitrogen and oxygen atoms in total. The van der Waals surface area contributed by atoms with Crippen LogP contribution in [-0.4, -0.2) is 7.11 Å². The highest BCUT2D eigenvalue weighted by Crippen LogP contribution is 2.36. The third kappa shape index (κ3) is 3.88. The summed E-state index contributed by atoms with van der Waals surface area (Å²) in [6, 6.07) is 1.36. The number of halogens is 6. The Bertz CT molecular complexity index is 380. The molecule has 1 N–H and O–H groups in total. The summed E-state index contributed by atoms with van der Waals surface area (Å²) in [5.74, 6) is 0. The topological polar surface area (TPSA) is 21.3 Å². The van der Waals surface area contributed by atoms with E-state index in [2.05, 4.69) is 10.3 Å². The van der Waals surface area contributed by atoms with E-state index in [9.17, 15) is 26.3 Å². The van der Waals surface area contributed by atoms with Crippen LogP contribution in [0.25, 0.3) is 0 Å². The van der Waals surface area contributed by atoms with Gasteiger partial charge in [0.2, 0.25) is 0 Å². The zero-order valence-corrected chi connectivity index (χ0v) is 9.12. The number of nitrogens with one attached hydrogen (secondary N) is 1. The first-order valence-corrected chi connectivity index (χ1v) is 4.69. The zero-order chi connectivity index (χ0) is 14.0. The summed E-state index contributed by atoms with van der Waals surface area (Å²) in [5.41, 5.74) is -0.665. The normalized spacial score (nSPS) is 12.8. The smallest absolute Gasteiger partial charge is 0.305 e. The van der Waals surface area contributed by atoms with Crippen molar-refractivity contribution in [3.8, 4) is 0 Å². The molecule has 0 saturated carbocycles. The molecule has 0 unspecified atom stereocenters.